The molecule has 25 heavy (non-hydrogen) atoms. The monoisotopic (exact) mass is 364 g/mol. The zero-order valence-corrected chi connectivity index (χ0v) is 15.1. The number of benzene rings is 2. The largest absolute Gasteiger partial charge is 0.301 e. The quantitative estimate of drug-likeness (QED) is 0.482. The first-order chi connectivity index (χ1) is 12.3. The number of pyridine rings is 1. The van der Waals surface area contributed by atoms with Crippen molar-refractivity contribution in [1.82, 2.24) is 10.3 Å². The van der Waals surface area contributed by atoms with Crippen molar-refractivity contribution in [3.8, 4) is 0 Å². The van der Waals surface area contributed by atoms with Crippen molar-refractivity contribution in [3.05, 3.63) is 100 Å². The van der Waals surface area contributed by atoms with E-state index in [9.17, 15) is 0 Å². The van der Waals surface area contributed by atoms with Crippen molar-refractivity contribution in [1.29, 1.82) is 0 Å². The van der Waals surface area contributed by atoms with Crippen LogP contribution < -0.4 is 5.32 Å². The lowest BCUT2D eigenvalue weighted by Crippen LogP contribution is -2.21. The normalized spacial score (nSPS) is 12.4. The van der Waals surface area contributed by atoms with E-state index in [1.54, 1.807) is 11.3 Å². The Morgan fingerprint density at radius 3 is 2.32 bits per heavy atom. The first kappa shape index (κ1) is 16.3. The van der Waals surface area contributed by atoms with Crippen LogP contribution in [0.4, 0.5) is 0 Å². The molecule has 0 fully saturated rings. The van der Waals surface area contributed by atoms with E-state index in [2.05, 4.69) is 64.9 Å². The smallest absolute Gasteiger partial charge is 0.0636 e. The lowest BCUT2D eigenvalue weighted by Gasteiger charge is -2.19. The van der Waals surface area contributed by atoms with Gasteiger partial charge in [0.15, 0.2) is 0 Å². The molecule has 2 heterocycles. The van der Waals surface area contributed by atoms with Gasteiger partial charge in [-0.15, -0.1) is 11.3 Å². The van der Waals surface area contributed by atoms with Gasteiger partial charge in [0.2, 0.25) is 0 Å². The maximum Gasteiger partial charge on any atom is 0.0636 e. The van der Waals surface area contributed by atoms with Gasteiger partial charge in [0.1, 0.15) is 0 Å². The van der Waals surface area contributed by atoms with Gasteiger partial charge in [0, 0.05) is 33.9 Å². The average Bonchev–Trinajstić information content (AvgIpc) is 3.00. The molecule has 2 aromatic carbocycles. The molecule has 0 bridgehead atoms. The minimum Gasteiger partial charge on any atom is -0.301 e. The number of fused-ring (bicyclic) bond motifs is 1. The molecule has 0 amide bonds. The Labute approximate surface area is 156 Å². The molecular weight excluding hydrogens is 348 g/mol. The van der Waals surface area contributed by atoms with E-state index in [4.69, 9.17) is 11.6 Å². The molecule has 0 aliphatic heterocycles. The average molecular weight is 365 g/mol. The summed E-state index contributed by atoms with van der Waals surface area (Å²) in [7, 11) is 0. The highest BCUT2D eigenvalue weighted by molar-refractivity contribution is 7.19. The molecule has 0 radical (unpaired) electrons. The van der Waals surface area contributed by atoms with Crippen molar-refractivity contribution in [3.63, 3.8) is 0 Å². The molecule has 1 N–H and O–H groups in total. The summed E-state index contributed by atoms with van der Waals surface area (Å²) in [6.45, 7) is 0.722. The van der Waals surface area contributed by atoms with Crippen molar-refractivity contribution in [2.75, 3.05) is 0 Å². The topological polar surface area (TPSA) is 24.9 Å². The number of aromatic nitrogens is 1. The Bertz CT molecular complexity index is 928. The number of thiophene rings is 1. The second kappa shape index (κ2) is 7.36. The summed E-state index contributed by atoms with van der Waals surface area (Å²) in [5, 5.41) is 5.66. The number of halogens is 1. The highest BCUT2D eigenvalue weighted by Gasteiger charge is 2.16. The van der Waals surface area contributed by atoms with E-state index >= 15 is 0 Å². The summed E-state index contributed by atoms with van der Waals surface area (Å²) in [5.74, 6) is 0. The van der Waals surface area contributed by atoms with Crippen LogP contribution in [0.15, 0.2) is 79.1 Å². The van der Waals surface area contributed by atoms with Crippen LogP contribution in [0.3, 0.4) is 0 Å². The van der Waals surface area contributed by atoms with Gasteiger partial charge < -0.3 is 5.32 Å². The Hall–Kier alpha value is -2.20. The third kappa shape index (κ3) is 3.45. The zero-order chi connectivity index (χ0) is 17.1. The van der Waals surface area contributed by atoms with Gasteiger partial charge >= 0.3 is 0 Å². The van der Waals surface area contributed by atoms with E-state index in [-0.39, 0.29) is 6.04 Å². The van der Waals surface area contributed by atoms with E-state index in [0.717, 1.165) is 21.8 Å². The van der Waals surface area contributed by atoms with E-state index in [0.29, 0.717) is 0 Å². The Balaban J connectivity index is 1.64. The standard InChI is InChI=1S/C21H17ClN2S/c22-20-17-8-4-5-9-18(17)25-19(20)14-24-21(15-6-2-1-3-7-15)16-10-12-23-13-11-16/h1-13,21,24H,14H2/t21-/m1/s1. The highest BCUT2D eigenvalue weighted by atomic mass is 35.5. The van der Waals surface area contributed by atoms with Crippen LogP contribution in [0.1, 0.15) is 22.0 Å². The summed E-state index contributed by atoms with van der Waals surface area (Å²) < 4.78 is 1.23. The Kier molecular flexibility index (Phi) is 4.79. The molecule has 4 aromatic rings. The lowest BCUT2D eigenvalue weighted by atomic mass is 10.00. The predicted molar refractivity (Wildman–Crippen MR) is 106 cm³/mol. The molecule has 0 aliphatic rings. The minimum atomic E-state index is 0.102. The van der Waals surface area contributed by atoms with E-state index in [1.807, 2.05) is 24.5 Å². The molecular formula is C21H17ClN2S. The zero-order valence-electron chi connectivity index (χ0n) is 13.5. The summed E-state index contributed by atoms with van der Waals surface area (Å²) in [6, 6.07) is 22.9. The number of hydrogen-bond donors (Lipinski definition) is 1. The van der Waals surface area contributed by atoms with Crippen molar-refractivity contribution in [2.24, 2.45) is 0 Å². The van der Waals surface area contributed by atoms with Crippen molar-refractivity contribution in [2.45, 2.75) is 12.6 Å². The van der Waals surface area contributed by atoms with Crippen LogP contribution in [-0.4, -0.2) is 4.98 Å². The van der Waals surface area contributed by atoms with Crippen molar-refractivity contribution >= 4 is 33.0 Å². The maximum atomic E-state index is 6.59. The number of hydrogen-bond acceptors (Lipinski definition) is 3. The molecule has 0 saturated carbocycles. The fraction of sp³-hybridized carbons (Fsp3) is 0.0952. The number of nitrogens with one attached hydrogen (secondary N) is 1. The third-order valence-corrected chi connectivity index (χ3v) is 5.96. The lowest BCUT2D eigenvalue weighted by molar-refractivity contribution is 0.609. The fourth-order valence-electron chi connectivity index (χ4n) is 3.00. The van der Waals surface area contributed by atoms with Gasteiger partial charge in [-0.2, -0.15) is 0 Å². The Morgan fingerprint density at radius 2 is 1.56 bits per heavy atom. The highest BCUT2D eigenvalue weighted by Crippen LogP contribution is 2.35. The molecule has 2 aromatic heterocycles. The molecule has 0 spiro atoms. The molecule has 1 atom stereocenters. The van der Waals surface area contributed by atoms with Crippen LogP contribution in [0.25, 0.3) is 10.1 Å². The molecule has 124 valence electrons. The second-order valence-corrected chi connectivity index (χ2v) is 7.36. The van der Waals surface area contributed by atoms with Crippen molar-refractivity contribution < 1.29 is 0 Å². The van der Waals surface area contributed by atoms with Crippen LogP contribution >= 0.6 is 22.9 Å². The summed E-state index contributed by atoms with van der Waals surface area (Å²) in [6.07, 6.45) is 3.67. The molecule has 0 saturated heterocycles. The van der Waals surface area contributed by atoms with Gasteiger partial charge in [-0.05, 0) is 29.3 Å². The van der Waals surface area contributed by atoms with E-state index in [1.165, 1.54) is 15.8 Å². The SMILES string of the molecule is Clc1c(CN[C@H](c2ccccc2)c2ccncc2)sc2ccccc12. The second-order valence-electron chi connectivity index (χ2n) is 5.84. The third-order valence-electron chi connectivity index (χ3n) is 4.24. The molecule has 2 nitrogen and oxygen atoms in total. The van der Waals surface area contributed by atoms with Gasteiger partial charge in [0.25, 0.3) is 0 Å². The molecule has 0 aliphatic carbocycles. The fourth-order valence-corrected chi connectivity index (χ4v) is 4.45. The molecule has 4 heteroatoms. The minimum absolute atomic E-state index is 0.102. The van der Waals surface area contributed by atoms with Gasteiger partial charge in [-0.1, -0.05) is 60.1 Å². The predicted octanol–water partition coefficient (Wildman–Crippen LogP) is 5.83. The van der Waals surface area contributed by atoms with Gasteiger partial charge in [-0.25, -0.2) is 0 Å². The number of rotatable bonds is 5. The summed E-state index contributed by atoms with van der Waals surface area (Å²) in [4.78, 5) is 5.30. The van der Waals surface area contributed by atoms with Crippen LogP contribution in [0.2, 0.25) is 5.02 Å². The maximum absolute atomic E-state index is 6.59. The van der Waals surface area contributed by atoms with E-state index < -0.39 is 0 Å². The van der Waals surface area contributed by atoms with Crippen LogP contribution in [0, 0.1) is 0 Å². The molecule has 4 rings (SSSR count). The van der Waals surface area contributed by atoms with Crippen LogP contribution in [0.5, 0.6) is 0 Å². The first-order valence-corrected chi connectivity index (χ1v) is 9.36. The van der Waals surface area contributed by atoms with Gasteiger partial charge in [-0.3, -0.25) is 4.98 Å². The first-order valence-electron chi connectivity index (χ1n) is 8.17. The summed E-state index contributed by atoms with van der Waals surface area (Å²) in [5.41, 5.74) is 2.42. The van der Waals surface area contributed by atoms with Crippen LogP contribution in [-0.2, 0) is 6.54 Å². The summed E-state index contributed by atoms with van der Waals surface area (Å²) >= 11 is 8.34. The number of nitrogens with zero attached hydrogens (tertiary/aromatic N) is 1. The Morgan fingerprint density at radius 1 is 0.880 bits per heavy atom. The van der Waals surface area contributed by atoms with Gasteiger partial charge in [0.05, 0.1) is 11.1 Å². The molecule has 0 unspecified atom stereocenters.